The monoisotopic (exact) mass is 606 g/mol. The molecule has 3 aromatic carbocycles. The van der Waals surface area contributed by atoms with E-state index in [9.17, 15) is 27.6 Å². The quantitative estimate of drug-likeness (QED) is 0.206. The molecule has 1 unspecified atom stereocenters. The standard InChI is InChI=1S/C33H33F3N4O4/c1-32(2,3)44-31(43)28(37)22-11-9-20(10-12-22)18-38-30(42)27-17-24(19-40(27)4)39-29(41)26-8-6-5-7-25(26)21-13-15-23(16-14-21)33(34,35)36/h5-17,19,28H,18,37H2,1-4H3,(H,38,42)(H,39,41). The first kappa shape index (κ1) is 32.0. The van der Waals surface area contributed by atoms with Crippen molar-refractivity contribution in [1.82, 2.24) is 9.88 Å². The van der Waals surface area contributed by atoms with E-state index >= 15 is 0 Å². The Morgan fingerprint density at radius 3 is 2.16 bits per heavy atom. The molecule has 4 aromatic rings. The Bertz CT molecular complexity index is 1650. The van der Waals surface area contributed by atoms with Crippen molar-refractivity contribution in [3.05, 3.63) is 113 Å². The molecule has 8 nitrogen and oxygen atoms in total. The van der Waals surface area contributed by atoms with Gasteiger partial charge in [0.1, 0.15) is 17.3 Å². The van der Waals surface area contributed by atoms with E-state index in [0.29, 0.717) is 28.1 Å². The van der Waals surface area contributed by atoms with E-state index in [1.807, 2.05) is 0 Å². The molecule has 4 N–H and O–H groups in total. The summed E-state index contributed by atoms with van der Waals surface area (Å²) in [4.78, 5) is 38.4. The maximum absolute atomic E-state index is 13.2. The Morgan fingerprint density at radius 1 is 0.909 bits per heavy atom. The minimum absolute atomic E-state index is 0.203. The third-order valence-corrected chi connectivity index (χ3v) is 6.64. The van der Waals surface area contributed by atoms with Gasteiger partial charge in [-0.3, -0.25) is 9.59 Å². The first-order valence-corrected chi connectivity index (χ1v) is 13.7. The Kier molecular flexibility index (Phi) is 9.29. The van der Waals surface area contributed by atoms with Crippen molar-refractivity contribution in [3.63, 3.8) is 0 Å². The highest BCUT2D eigenvalue weighted by Crippen LogP contribution is 2.32. The van der Waals surface area contributed by atoms with E-state index in [1.54, 1.807) is 87.1 Å². The number of nitrogens with two attached hydrogens (primary N) is 1. The molecule has 1 aromatic heterocycles. The summed E-state index contributed by atoms with van der Waals surface area (Å²) < 4.78 is 45.9. The molecule has 0 aliphatic carbocycles. The molecule has 0 bridgehead atoms. The first-order valence-electron chi connectivity index (χ1n) is 13.7. The zero-order valence-electron chi connectivity index (χ0n) is 24.7. The third kappa shape index (κ3) is 7.93. The summed E-state index contributed by atoms with van der Waals surface area (Å²) in [5, 5.41) is 5.59. The molecule has 0 fully saturated rings. The van der Waals surface area contributed by atoms with Gasteiger partial charge < -0.3 is 25.7 Å². The SMILES string of the molecule is Cn1cc(NC(=O)c2ccccc2-c2ccc(C(F)(F)F)cc2)cc1C(=O)NCc1ccc(C(N)C(=O)OC(C)(C)C)cc1. The number of benzene rings is 3. The first-order chi connectivity index (χ1) is 20.6. The van der Waals surface area contributed by atoms with E-state index < -0.39 is 35.3 Å². The number of hydrogen-bond acceptors (Lipinski definition) is 5. The molecule has 1 atom stereocenters. The maximum Gasteiger partial charge on any atom is 0.416 e. The molecule has 0 saturated carbocycles. The van der Waals surface area contributed by atoms with Gasteiger partial charge in [-0.05, 0) is 67.3 Å². The van der Waals surface area contributed by atoms with Gasteiger partial charge in [0.25, 0.3) is 11.8 Å². The normalized spacial score (nSPS) is 12.4. The number of halogens is 3. The Balaban J connectivity index is 1.39. The second-order valence-corrected chi connectivity index (χ2v) is 11.2. The minimum Gasteiger partial charge on any atom is -0.459 e. The van der Waals surface area contributed by atoms with E-state index in [2.05, 4.69) is 10.6 Å². The number of aromatic nitrogens is 1. The molecule has 230 valence electrons. The van der Waals surface area contributed by atoms with Crippen LogP contribution < -0.4 is 16.4 Å². The number of alkyl halides is 3. The molecule has 11 heteroatoms. The van der Waals surface area contributed by atoms with Gasteiger partial charge >= 0.3 is 12.1 Å². The Labute approximate surface area is 253 Å². The number of hydrogen-bond donors (Lipinski definition) is 3. The van der Waals surface area contributed by atoms with Gasteiger partial charge in [0.2, 0.25) is 0 Å². The second kappa shape index (κ2) is 12.8. The average molecular weight is 607 g/mol. The fraction of sp³-hybridized carbons (Fsp3) is 0.242. The Morgan fingerprint density at radius 2 is 1.55 bits per heavy atom. The zero-order chi connectivity index (χ0) is 32.2. The molecule has 44 heavy (non-hydrogen) atoms. The number of carbonyl (C=O) groups excluding carboxylic acids is 3. The van der Waals surface area contributed by atoms with Crippen LogP contribution in [0.15, 0.2) is 85.1 Å². The number of anilines is 1. The summed E-state index contributed by atoms with van der Waals surface area (Å²) in [6.07, 6.45) is -2.88. The lowest BCUT2D eigenvalue weighted by molar-refractivity contribution is -0.156. The van der Waals surface area contributed by atoms with Gasteiger partial charge in [-0.1, -0.05) is 54.6 Å². The van der Waals surface area contributed by atoms with Gasteiger partial charge in [0.05, 0.1) is 11.3 Å². The molecule has 1 heterocycles. The number of ether oxygens (including phenoxy) is 1. The number of carbonyl (C=O) groups is 3. The summed E-state index contributed by atoms with van der Waals surface area (Å²) in [5.41, 5.74) is 7.79. The molecule has 0 saturated heterocycles. The van der Waals surface area contributed by atoms with Crippen molar-refractivity contribution in [3.8, 4) is 11.1 Å². The van der Waals surface area contributed by atoms with E-state index in [-0.39, 0.29) is 18.0 Å². The molecule has 0 aliphatic heterocycles. The summed E-state index contributed by atoms with van der Waals surface area (Å²) in [5.74, 6) is -1.40. The largest absolute Gasteiger partial charge is 0.459 e. The van der Waals surface area contributed by atoms with Crippen molar-refractivity contribution in [1.29, 1.82) is 0 Å². The summed E-state index contributed by atoms with van der Waals surface area (Å²) in [6, 6.07) is 18.7. The van der Waals surface area contributed by atoms with E-state index in [4.69, 9.17) is 10.5 Å². The van der Waals surface area contributed by atoms with Crippen molar-refractivity contribution < 1.29 is 32.3 Å². The summed E-state index contributed by atoms with van der Waals surface area (Å²) >= 11 is 0. The van der Waals surface area contributed by atoms with E-state index in [1.165, 1.54) is 18.2 Å². The molecule has 4 rings (SSSR count). The molecule has 0 radical (unpaired) electrons. The number of nitrogens with one attached hydrogen (secondary N) is 2. The van der Waals surface area contributed by atoms with Crippen LogP contribution in [0, 0.1) is 0 Å². The number of amides is 2. The molecule has 2 amide bonds. The number of aryl methyl sites for hydroxylation is 1. The molecule has 0 spiro atoms. The predicted octanol–water partition coefficient (Wildman–Crippen LogP) is 6.23. The summed E-state index contributed by atoms with van der Waals surface area (Å²) in [6.45, 7) is 5.49. The van der Waals surface area contributed by atoms with Crippen LogP contribution in [0.25, 0.3) is 11.1 Å². The van der Waals surface area contributed by atoms with Crippen LogP contribution in [0.4, 0.5) is 18.9 Å². The minimum atomic E-state index is -4.46. The van der Waals surface area contributed by atoms with Crippen molar-refractivity contribution in [2.24, 2.45) is 12.8 Å². The van der Waals surface area contributed by atoms with Crippen molar-refractivity contribution in [2.45, 2.75) is 45.1 Å². The van der Waals surface area contributed by atoms with Crippen molar-refractivity contribution in [2.75, 3.05) is 5.32 Å². The highest BCUT2D eigenvalue weighted by atomic mass is 19.4. The van der Waals surface area contributed by atoms with Crippen LogP contribution in [0.2, 0.25) is 0 Å². The lowest BCUT2D eigenvalue weighted by atomic mass is 9.98. The smallest absolute Gasteiger partial charge is 0.416 e. The summed E-state index contributed by atoms with van der Waals surface area (Å²) in [7, 11) is 1.66. The lowest BCUT2D eigenvalue weighted by Crippen LogP contribution is -2.31. The maximum atomic E-state index is 13.2. The van der Waals surface area contributed by atoms with Crippen LogP contribution in [-0.4, -0.2) is 28.0 Å². The predicted molar refractivity (Wildman–Crippen MR) is 161 cm³/mol. The van der Waals surface area contributed by atoms with Crippen LogP contribution in [0.1, 0.15) is 64.3 Å². The number of rotatable bonds is 8. The van der Waals surface area contributed by atoms with Gasteiger partial charge in [0.15, 0.2) is 0 Å². The molecular weight excluding hydrogens is 573 g/mol. The van der Waals surface area contributed by atoms with E-state index in [0.717, 1.165) is 17.7 Å². The third-order valence-electron chi connectivity index (χ3n) is 6.64. The lowest BCUT2D eigenvalue weighted by Gasteiger charge is -2.22. The van der Waals surface area contributed by atoms with Crippen LogP contribution in [-0.2, 0) is 29.3 Å². The van der Waals surface area contributed by atoms with Gasteiger partial charge in [0, 0.05) is 25.4 Å². The van der Waals surface area contributed by atoms with Gasteiger partial charge in [-0.25, -0.2) is 4.79 Å². The Hall–Kier alpha value is -4.90. The molecular formula is C33H33F3N4O4. The average Bonchev–Trinajstić information content (AvgIpc) is 3.34. The van der Waals surface area contributed by atoms with Crippen LogP contribution >= 0.6 is 0 Å². The van der Waals surface area contributed by atoms with Crippen LogP contribution in [0.3, 0.4) is 0 Å². The zero-order valence-corrected chi connectivity index (χ0v) is 24.7. The van der Waals surface area contributed by atoms with Gasteiger partial charge in [-0.15, -0.1) is 0 Å². The number of nitrogens with zero attached hydrogens (tertiary/aromatic N) is 1. The fourth-order valence-corrected chi connectivity index (χ4v) is 4.45. The molecule has 0 aliphatic rings. The topological polar surface area (TPSA) is 115 Å². The van der Waals surface area contributed by atoms with Crippen LogP contribution in [0.5, 0.6) is 0 Å². The second-order valence-electron chi connectivity index (χ2n) is 11.2. The highest BCUT2D eigenvalue weighted by Gasteiger charge is 2.30. The highest BCUT2D eigenvalue weighted by molar-refractivity contribution is 6.09. The van der Waals surface area contributed by atoms with Gasteiger partial charge in [-0.2, -0.15) is 13.2 Å². The van der Waals surface area contributed by atoms with Crippen molar-refractivity contribution >= 4 is 23.5 Å². The fourth-order valence-electron chi connectivity index (χ4n) is 4.45. The number of esters is 1.